The van der Waals surface area contributed by atoms with Crippen LogP contribution >= 0.6 is 23.2 Å². The number of halogens is 2. The molecule has 0 bridgehead atoms. The molecular formula is C22H17Cl2N3O3. The maximum atomic E-state index is 12.4. The quantitative estimate of drug-likeness (QED) is 0.383. The van der Waals surface area contributed by atoms with Gasteiger partial charge in [-0.05, 0) is 49.4 Å². The lowest BCUT2D eigenvalue weighted by atomic mass is 10.1. The molecule has 3 aromatic carbocycles. The zero-order valence-corrected chi connectivity index (χ0v) is 17.3. The van der Waals surface area contributed by atoms with E-state index in [0.717, 1.165) is 5.56 Å². The fourth-order valence-electron chi connectivity index (χ4n) is 2.64. The zero-order valence-electron chi connectivity index (χ0n) is 15.8. The molecule has 3 aromatic rings. The third kappa shape index (κ3) is 5.37. The predicted molar refractivity (Wildman–Crippen MR) is 119 cm³/mol. The van der Waals surface area contributed by atoms with Crippen molar-refractivity contribution in [2.75, 3.05) is 5.32 Å². The van der Waals surface area contributed by atoms with Crippen LogP contribution in [0.4, 0.5) is 5.69 Å². The number of phenolic OH excluding ortho intramolecular Hbond substituents is 1. The Labute approximate surface area is 183 Å². The molecule has 2 amide bonds. The van der Waals surface area contributed by atoms with Crippen molar-refractivity contribution in [3.05, 3.63) is 93.0 Å². The number of carbonyl (C=O) groups excluding carboxylic acids is 2. The van der Waals surface area contributed by atoms with Crippen molar-refractivity contribution in [3.8, 4) is 5.75 Å². The van der Waals surface area contributed by atoms with Gasteiger partial charge in [0.1, 0.15) is 5.75 Å². The van der Waals surface area contributed by atoms with Gasteiger partial charge in [-0.1, -0.05) is 47.0 Å². The summed E-state index contributed by atoms with van der Waals surface area (Å²) in [5, 5.41) is 16.9. The van der Waals surface area contributed by atoms with Crippen LogP contribution in [-0.2, 0) is 0 Å². The van der Waals surface area contributed by atoms with Crippen molar-refractivity contribution < 1.29 is 14.7 Å². The fourth-order valence-corrected chi connectivity index (χ4v) is 3.15. The van der Waals surface area contributed by atoms with Gasteiger partial charge in [0.25, 0.3) is 11.8 Å². The lowest BCUT2D eigenvalue weighted by Gasteiger charge is -2.08. The van der Waals surface area contributed by atoms with Crippen LogP contribution in [0.25, 0.3) is 0 Å². The Morgan fingerprint density at radius 2 is 1.67 bits per heavy atom. The summed E-state index contributed by atoms with van der Waals surface area (Å²) in [4.78, 5) is 24.7. The number of hydrogen-bond donors (Lipinski definition) is 3. The van der Waals surface area contributed by atoms with Gasteiger partial charge in [0.2, 0.25) is 0 Å². The summed E-state index contributed by atoms with van der Waals surface area (Å²) in [7, 11) is 0. The highest BCUT2D eigenvalue weighted by Crippen LogP contribution is 2.29. The number of rotatable bonds is 5. The van der Waals surface area contributed by atoms with Gasteiger partial charge in [0.15, 0.2) is 0 Å². The van der Waals surface area contributed by atoms with Gasteiger partial charge in [-0.3, -0.25) is 9.59 Å². The summed E-state index contributed by atoms with van der Waals surface area (Å²) in [5.41, 5.74) is 4.87. The molecule has 0 radical (unpaired) electrons. The molecule has 0 saturated heterocycles. The van der Waals surface area contributed by atoms with Gasteiger partial charge < -0.3 is 10.4 Å². The average molecular weight is 442 g/mol. The van der Waals surface area contributed by atoms with Crippen molar-refractivity contribution in [2.24, 2.45) is 5.10 Å². The van der Waals surface area contributed by atoms with Crippen molar-refractivity contribution in [2.45, 2.75) is 6.92 Å². The number of aryl methyl sites for hydroxylation is 1. The van der Waals surface area contributed by atoms with Gasteiger partial charge >= 0.3 is 0 Å². The first kappa shape index (κ1) is 21.4. The van der Waals surface area contributed by atoms with Crippen LogP contribution in [0.5, 0.6) is 5.75 Å². The van der Waals surface area contributed by atoms with Crippen molar-refractivity contribution >= 4 is 46.9 Å². The van der Waals surface area contributed by atoms with E-state index in [0.29, 0.717) is 21.8 Å². The number of anilines is 1. The Kier molecular flexibility index (Phi) is 6.72. The standard InChI is InChI=1S/C22H17Cl2N3O3/c1-13-4-2-5-14(8-13)21(29)26-18-7-3-6-15(10-18)22(30)27-25-12-16-9-17(23)11-19(24)20(16)28/h2-12,28H,1H3,(H,26,29)(H,27,30)/b25-12-. The average Bonchev–Trinajstić information content (AvgIpc) is 2.71. The van der Waals surface area contributed by atoms with Crippen LogP contribution in [0.3, 0.4) is 0 Å². The molecule has 30 heavy (non-hydrogen) atoms. The number of hydrazone groups is 1. The smallest absolute Gasteiger partial charge is 0.271 e. The summed E-state index contributed by atoms with van der Waals surface area (Å²) in [6.45, 7) is 1.90. The first-order valence-electron chi connectivity index (χ1n) is 8.83. The number of phenols is 1. The van der Waals surface area contributed by atoms with Crippen LogP contribution in [0, 0.1) is 6.92 Å². The number of amides is 2. The molecule has 6 nitrogen and oxygen atoms in total. The number of nitrogens with one attached hydrogen (secondary N) is 2. The van der Waals surface area contributed by atoms with Crippen LogP contribution in [0.2, 0.25) is 10.0 Å². The van der Waals surface area contributed by atoms with E-state index in [1.54, 1.807) is 36.4 Å². The molecule has 0 aliphatic rings. The molecule has 3 rings (SSSR count). The number of aromatic hydroxyl groups is 1. The molecule has 0 fully saturated rings. The molecule has 0 atom stereocenters. The largest absolute Gasteiger partial charge is 0.506 e. The van der Waals surface area contributed by atoms with Crippen molar-refractivity contribution in [3.63, 3.8) is 0 Å². The predicted octanol–water partition coefficient (Wildman–Crippen LogP) is 5.02. The summed E-state index contributed by atoms with van der Waals surface area (Å²) >= 11 is 11.7. The van der Waals surface area contributed by atoms with Gasteiger partial charge in [0, 0.05) is 27.4 Å². The Balaban J connectivity index is 1.68. The van der Waals surface area contributed by atoms with E-state index < -0.39 is 5.91 Å². The minimum atomic E-state index is -0.495. The highest BCUT2D eigenvalue weighted by Gasteiger charge is 2.10. The van der Waals surface area contributed by atoms with Gasteiger partial charge in [-0.15, -0.1) is 0 Å². The van der Waals surface area contributed by atoms with E-state index >= 15 is 0 Å². The number of carbonyl (C=O) groups is 2. The number of hydrogen-bond acceptors (Lipinski definition) is 4. The molecule has 0 aromatic heterocycles. The molecule has 8 heteroatoms. The maximum absolute atomic E-state index is 12.4. The lowest BCUT2D eigenvalue weighted by Crippen LogP contribution is -2.18. The molecule has 0 spiro atoms. The van der Waals surface area contributed by atoms with Crippen molar-refractivity contribution in [1.29, 1.82) is 0 Å². The van der Waals surface area contributed by atoms with Gasteiger partial charge in [0.05, 0.1) is 11.2 Å². The van der Waals surface area contributed by atoms with E-state index in [-0.39, 0.29) is 22.2 Å². The van der Waals surface area contributed by atoms with Crippen LogP contribution in [-0.4, -0.2) is 23.1 Å². The molecule has 0 saturated carbocycles. The molecule has 0 aliphatic carbocycles. The van der Waals surface area contributed by atoms with Crippen molar-refractivity contribution in [1.82, 2.24) is 5.43 Å². The molecular weight excluding hydrogens is 425 g/mol. The zero-order chi connectivity index (χ0) is 21.7. The lowest BCUT2D eigenvalue weighted by molar-refractivity contribution is 0.0953. The normalized spacial score (nSPS) is 10.8. The minimum absolute atomic E-state index is 0.0762. The first-order valence-corrected chi connectivity index (χ1v) is 9.58. The topological polar surface area (TPSA) is 90.8 Å². The maximum Gasteiger partial charge on any atom is 0.271 e. The molecule has 0 aliphatic heterocycles. The van der Waals surface area contributed by atoms with Crippen LogP contribution in [0.1, 0.15) is 31.8 Å². The molecule has 0 unspecified atom stereocenters. The second-order valence-corrected chi connectivity index (χ2v) is 7.27. The number of benzene rings is 3. The van der Waals surface area contributed by atoms with Crippen LogP contribution < -0.4 is 10.7 Å². The first-order chi connectivity index (χ1) is 14.3. The summed E-state index contributed by atoms with van der Waals surface area (Å²) in [6.07, 6.45) is 1.23. The fraction of sp³-hybridized carbons (Fsp3) is 0.0455. The van der Waals surface area contributed by atoms with E-state index in [1.165, 1.54) is 24.4 Å². The second kappa shape index (κ2) is 9.43. The molecule has 0 heterocycles. The Bertz CT molecular complexity index is 1150. The highest BCUT2D eigenvalue weighted by atomic mass is 35.5. The molecule has 3 N–H and O–H groups in total. The SMILES string of the molecule is Cc1cccc(C(=O)Nc2cccc(C(=O)N/N=C\c3cc(Cl)cc(Cl)c3O)c2)c1. The van der Waals surface area contributed by atoms with E-state index in [2.05, 4.69) is 15.8 Å². The third-order valence-corrected chi connectivity index (χ3v) is 4.60. The monoisotopic (exact) mass is 441 g/mol. The summed E-state index contributed by atoms with van der Waals surface area (Å²) < 4.78 is 0. The Hall–Kier alpha value is -3.35. The summed E-state index contributed by atoms with van der Waals surface area (Å²) in [5.74, 6) is -0.965. The highest BCUT2D eigenvalue weighted by molar-refractivity contribution is 6.36. The Morgan fingerprint density at radius 1 is 0.967 bits per heavy atom. The van der Waals surface area contributed by atoms with Gasteiger partial charge in [-0.2, -0.15) is 5.10 Å². The second-order valence-electron chi connectivity index (χ2n) is 6.43. The minimum Gasteiger partial charge on any atom is -0.506 e. The van der Waals surface area contributed by atoms with Crippen LogP contribution in [0.15, 0.2) is 65.8 Å². The number of nitrogens with zero attached hydrogens (tertiary/aromatic N) is 1. The van der Waals surface area contributed by atoms with E-state index in [1.807, 2.05) is 13.0 Å². The Morgan fingerprint density at radius 3 is 2.40 bits per heavy atom. The van der Waals surface area contributed by atoms with E-state index in [4.69, 9.17) is 23.2 Å². The molecule has 152 valence electrons. The van der Waals surface area contributed by atoms with Gasteiger partial charge in [-0.25, -0.2) is 5.43 Å². The van der Waals surface area contributed by atoms with E-state index in [9.17, 15) is 14.7 Å². The summed E-state index contributed by atoms with van der Waals surface area (Å²) in [6, 6.07) is 16.5. The third-order valence-electron chi connectivity index (χ3n) is 4.09.